The molecule has 1 saturated heterocycles. The predicted molar refractivity (Wildman–Crippen MR) is 128 cm³/mol. The quantitative estimate of drug-likeness (QED) is 0.566. The number of aryl methyl sites for hydroxylation is 3. The van der Waals surface area contributed by atoms with Crippen molar-refractivity contribution in [1.29, 1.82) is 0 Å². The van der Waals surface area contributed by atoms with E-state index >= 15 is 0 Å². The van der Waals surface area contributed by atoms with Crippen LogP contribution in [-0.2, 0) is 13.6 Å². The highest BCUT2D eigenvalue weighted by Gasteiger charge is 2.28. The summed E-state index contributed by atoms with van der Waals surface area (Å²) < 4.78 is 8.92. The van der Waals surface area contributed by atoms with Gasteiger partial charge >= 0.3 is 5.69 Å². The second-order valence-corrected chi connectivity index (χ2v) is 8.98. The summed E-state index contributed by atoms with van der Waals surface area (Å²) in [5.41, 5.74) is 1.90. The molecule has 1 aromatic carbocycles. The molecule has 0 spiro atoms. The molecular formula is C24H33N5O4. The Morgan fingerprint density at radius 3 is 2.76 bits per heavy atom. The van der Waals surface area contributed by atoms with E-state index in [0.717, 1.165) is 37.8 Å². The van der Waals surface area contributed by atoms with Gasteiger partial charge in [-0.05, 0) is 62.8 Å². The van der Waals surface area contributed by atoms with Crippen molar-refractivity contribution in [3.05, 3.63) is 50.2 Å². The Morgan fingerprint density at radius 1 is 1.24 bits per heavy atom. The number of imidazole rings is 1. The molecule has 0 radical (unpaired) electrons. The molecule has 33 heavy (non-hydrogen) atoms. The van der Waals surface area contributed by atoms with Crippen LogP contribution in [0.3, 0.4) is 0 Å². The molecule has 0 aliphatic carbocycles. The summed E-state index contributed by atoms with van der Waals surface area (Å²) in [6.45, 7) is 7.22. The molecule has 1 aliphatic rings. The van der Waals surface area contributed by atoms with Crippen molar-refractivity contribution in [1.82, 2.24) is 19.1 Å². The van der Waals surface area contributed by atoms with Gasteiger partial charge in [-0.1, -0.05) is 13.0 Å². The van der Waals surface area contributed by atoms with Crippen LogP contribution in [0.25, 0.3) is 11.2 Å². The first-order valence-corrected chi connectivity index (χ1v) is 11.6. The Kier molecular flexibility index (Phi) is 6.60. The lowest BCUT2D eigenvalue weighted by Crippen LogP contribution is -2.41. The number of hydrogen-bond acceptors (Lipinski definition) is 6. The molecule has 2 atom stereocenters. The molecule has 178 valence electrons. The molecular weight excluding hydrogens is 422 g/mol. The Hall–Kier alpha value is -3.07. The van der Waals surface area contributed by atoms with Gasteiger partial charge in [0, 0.05) is 19.6 Å². The normalized spacial score (nSPS) is 17.5. The number of H-pyrrole nitrogens is 1. The average molecular weight is 456 g/mol. The molecule has 1 fully saturated rings. The summed E-state index contributed by atoms with van der Waals surface area (Å²) in [5.74, 6) is 1.31. The van der Waals surface area contributed by atoms with Crippen LogP contribution >= 0.6 is 0 Å². The number of rotatable bonds is 7. The number of aliphatic hydroxyl groups is 1. The second kappa shape index (κ2) is 9.43. The van der Waals surface area contributed by atoms with Crippen LogP contribution in [-0.4, -0.2) is 49.5 Å². The first-order valence-electron chi connectivity index (χ1n) is 11.6. The highest BCUT2D eigenvalue weighted by Crippen LogP contribution is 2.28. The van der Waals surface area contributed by atoms with Crippen molar-refractivity contribution in [2.45, 2.75) is 65.1 Å². The Morgan fingerprint density at radius 2 is 2.03 bits per heavy atom. The number of ether oxygens (including phenoxy) is 1. The van der Waals surface area contributed by atoms with E-state index in [-0.39, 0.29) is 18.7 Å². The SMILES string of the molecule is CC[C@H]1CCCCN1c1nc2c(c(=O)[nH]c(=O)n2C)n1C[C@H](O)COc1ccc(C)c(C)c1. The van der Waals surface area contributed by atoms with Gasteiger partial charge in [0.15, 0.2) is 11.2 Å². The van der Waals surface area contributed by atoms with Gasteiger partial charge in [0.2, 0.25) is 5.95 Å². The smallest absolute Gasteiger partial charge is 0.329 e. The number of fused-ring (bicyclic) bond motifs is 1. The maximum Gasteiger partial charge on any atom is 0.329 e. The fourth-order valence-corrected chi connectivity index (χ4v) is 4.56. The minimum Gasteiger partial charge on any atom is -0.491 e. The van der Waals surface area contributed by atoms with Crippen molar-refractivity contribution in [2.24, 2.45) is 7.05 Å². The lowest BCUT2D eigenvalue weighted by molar-refractivity contribution is 0.0934. The Balaban J connectivity index is 1.68. The number of nitrogens with zero attached hydrogens (tertiary/aromatic N) is 4. The first-order chi connectivity index (χ1) is 15.8. The van der Waals surface area contributed by atoms with E-state index < -0.39 is 17.4 Å². The van der Waals surface area contributed by atoms with E-state index in [4.69, 9.17) is 9.72 Å². The van der Waals surface area contributed by atoms with Crippen LogP contribution in [0.15, 0.2) is 27.8 Å². The van der Waals surface area contributed by atoms with Gasteiger partial charge in [0.1, 0.15) is 18.5 Å². The molecule has 0 bridgehead atoms. The number of nitrogens with one attached hydrogen (secondary N) is 1. The standard InChI is InChI=1S/C24H33N5O4/c1-5-17-8-6-7-11-28(17)23-25-21-20(22(31)26-24(32)27(21)4)29(23)13-18(30)14-33-19-10-9-15(2)16(3)12-19/h9-10,12,17-18,30H,5-8,11,13-14H2,1-4H3,(H,26,31,32)/t17-,18-/m0/s1. The fraction of sp³-hybridized carbons (Fsp3) is 0.542. The van der Waals surface area contributed by atoms with Crippen molar-refractivity contribution in [3.8, 4) is 5.75 Å². The zero-order valence-corrected chi connectivity index (χ0v) is 19.8. The average Bonchev–Trinajstić information content (AvgIpc) is 3.17. The maximum atomic E-state index is 12.8. The molecule has 9 heteroatoms. The van der Waals surface area contributed by atoms with Crippen molar-refractivity contribution in [3.63, 3.8) is 0 Å². The van der Waals surface area contributed by atoms with Crippen LogP contribution < -0.4 is 20.9 Å². The third-order valence-electron chi connectivity index (χ3n) is 6.66. The molecule has 0 amide bonds. The zero-order chi connectivity index (χ0) is 23.7. The molecule has 3 aromatic rings. The van der Waals surface area contributed by atoms with Crippen LogP contribution in [0.2, 0.25) is 0 Å². The summed E-state index contributed by atoms with van der Waals surface area (Å²) in [6.07, 6.45) is 3.32. The molecule has 1 aliphatic heterocycles. The number of aromatic nitrogens is 4. The van der Waals surface area contributed by atoms with Gasteiger partial charge in [-0.25, -0.2) is 4.79 Å². The topological polar surface area (TPSA) is 105 Å². The third kappa shape index (κ3) is 4.55. The summed E-state index contributed by atoms with van der Waals surface area (Å²) in [5, 5.41) is 10.9. The minimum absolute atomic E-state index is 0.0719. The molecule has 0 unspecified atom stereocenters. The number of anilines is 1. The van der Waals surface area contributed by atoms with Gasteiger partial charge < -0.3 is 19.3 Å². The summed E-state index contributed by atoms with van der Waals surface area (Å²) in [7, 11) is 1.59. The van der Waals surface area contributed by atoms with Crippen LogP contribution in [0.1, 0.15) is 43.7 Å². The van der Waals surface area contributed by atoms with E-state index in [0.29, 0.717) is 23.4 Å². The van der Waals surface area contributed by atoms with E-state index in [1.807, 2.05) is 32.0 Å². The van der Waals surface area contributed by atoms with Gasteiger partial charge in [-0.15, -0.1) is 0 Å². The summed E-state index contributed by atoms with van der Waals surface area (Å²) in [4.78, 5) is 34.3. The monoisotopic (exact) mass is 455 g/mol. The fourth-order valence-electron chi connectivity index (χ4n) is 4.56. The number of hydrogen-bond donors (Lipinski definition) is 2. The number of aliphatic hydroxyl groups excluding tert-OH is 1. The van der Waals surface area contributed by atoms with Crippen LogP contribution in [0.5, 0.6) is 5.75 Å². The number of piperidine rings is 1. The van der Waals surface area contributed by atoms with Crippen LogP contribution in [0, 0.1) is 13.8 Å². The Labute approximate surface area is 192 Å². The summed E-state index contributed by atoms with van der Waals surface area (Å²) in [6, 6.07) is 6.11. The van der Waals surface area contributed by atoms with Crippen molar-refractivity contribution >= 4 is 17.1 Å². The van der Waals surface area contributed by atoms with Gasteiger partial charge in [0.05, 0.1) is 6.54 Å². The lowest BCUT2D eigenvalue weighted by atomic mass is 10.0. The van der Waals surface area contributed by atoms with Crippen molar-refractivity contribution < 1.29 is 9.84 Å². The Bertz CT molecular complexity index is 1260. The predicted octanol–water partition coefficient (Wildman–Crippen LogP) is 2.25. The maximum absolute atomic E-state index is 12.8. The van der Waals surface area contributed by atoms with Crippen LogP contribution in [0.4, 0.5) is 5.95 Å². The lowest BCUT2D eigenvalue weighted by Gasteiger charge is -2.36. The number of aromatic amines is 1. The van der Waals surface area contributed by atoms with E-state index in [1.54, 1.807) is 11.6 Å². The van der Waals surface area contributed by atoms with E-state index in [2.05, 4.69) is 16.8 Å². The highest BCUT2D eigenvalue weighted by atomic mass is 16.5. The van der Waals surface area contributed by atoms with Gasteiger partial charge in [0.25, 0.3) is 5.56 Å². The van der Waals surface area contributed by atoms with Gasteiger partial charge in [-0.3, -0.25) is 14.3 Å². The molecule has 9 nitrogen and oxygen atoms in total. The second-order valence-electron chi connectivity index (χ2n) is 8.98. The van der Waals surface area contributed by atoms with E-state index in [9.17, 15) is 14.7 Å². The minimum atomic E-state index is -0.871. The largest absolute Gasteiger partial charge is 0.491 e. The zero-order valence-electron chi connectivity index (χ0n) is 19.8. The molecule has 2 aromatic heterocycles. The van der Waals surface area contributed by atoms with Gasteiger partial charge in [-0.2, -0.15) is 4.98 Å². The molecule has 4 rings (SSSR count). The first kappa shape index (κ1) is 23.1. The van der Waals surface area contributed by atoms with E-state index in [1.165, 1.54) is 10.1 Å². The number of benzene rings is 1. The molecule has 3 heterocycles. The molecule has 2 N–H and O–H groups in total. The summed E-state index contributed by atoms with van der Waals surface area (Å²) >= 11 is 0. The highest BCUT2D eigenvalue weighted by molar-refractivity contribution is 5.74. The van der Waals surface area contributed by atoms with Crippen molar-refractivity contribution in [2.75, 3.05) is 18.1 Å². The third-order valence-corrected chi connectivity index (χ3v) is 6.66. The molecule has 0 saturated carbocycles.